The fourth-order valence-corrected chi connectivity index (χ4v) is 2.54. The van der Waals surface area contributed by atoms with Gasteiger partial charge >= 0.3 is 0 Å². The number of ether oxygens (including phenoxy) is 1. The molecule has 0 aromatic carbocycles. The van der Waals surface area contributed by atoms with Crippen LogP contribution in [0.25, 0.3) is 0 Å². The van der Waals surface area contributed by atoms with Gasteiger partial charge in [0.25, 0.3) is 0 Å². The van der Waals surface area contributed by atoms with Gasteiger partial charge in [0.1, 0.15) is 0 Å². The van der Waals surface area contributed by atoms with Crippen molar-refractivity contribution < 1.29 is 13.2 Å². The van der Waals surface area contributed by atoms with Crippen LogP contribution in [0, 0.1) is 0 Å². The molecule has 1 heterocycles. The molecule has 6 heteroatoms. The second-order valence-electron chi connectivity index (χ2n) is 4.96. The van der Waals surface area contributed by atoms with E-state index in [1.54, 1.807) is 0 Å². The van der Waals surface area contributed by atoms with Crippen molar-refractivity contribution in [2.75, 3.05) is 26.0 Å². The molecule has 0 amide bonds. The van der Waals surface area contributed by atoms with Gasteiger partial charge < -0.3 is 10.1 Å². The minimum Gasteiger partial charge on any atom is -0.375 e. The maximum atomic E-state index is 10.9. The van der Waals surface area contributed by atoms with Crippen LogP contribution in [0.15, 0.2) is 0 Å². The standard InChI is InChI=1S/C11H24N2O3S/c1-4-11(2)9-10(5-8-16-11)12-6-7-13-17(3,14)15/h10,12-13H,4-9H2,1-3H3. The summed E-state index contributed by atoms with van der Waals surface area (Å²) < 4.78 is 30.0. The van der Waals surface area contributed by atoms with Crippen molar-refractivity contribution in [2.24, 2.45) is 0 Å². The summed E-state index contributed by atoms with van der Waals surface area (Å²) in [5, 5.41) is 3.38. The molecule has 1 fully saturated rings. The Morgan fingerprint density at radius 3 is 2.71 bits per heavy atom. The first-order valence-corrected chi connectivity index (χ1v) is 8.06. The fraction of sp³-hybridized carbons (Fsp3) is 1.00. The van der Waals surface area contributed by atoms with Crippen molar-refractivity contribution in [3.05, 3.63) is 0 Å². The van der Waals surface area contributed by atoms with Crippen molar-refractivity contribution >= 4 is 10.0 Å². The molecular weight excluding hydrogens is 240 g/mol. The topological polar surface area (TPSA) is 67.4 Å². The van der Waals surface area contributed by atoms with E-state index in [0.29, 0.717) is 19.1 Å². The van der Waals surface area contributed by atoms with E-state index in [4.69, 9.17) is 4.74 Å². The summed E-state index contributed by atoms with van der Waals surface area (Å²) >= 11 is 0. The third-order valence-corrected chi connectivity index (χ3v) is 3.99. The molecule has 0 aromatic rings. The lowest BCUT2D eigenvalue weighted by molar-refractivity contribution is -0.0777. The van der Waals surface area contributed by atoms with Gasteiger partial charge in [-0.3, -0.25) is 0 Å². The quantitative estimate of drug-likeness (QED) is 0.685. The molecule has 2 atom stereocenters. The zero-order chi connectivity index (χ0) is 12.9. The van der Waals surface area contributed by atoms with Gasteiger partial charge in [-0.25, -0.2) is 13.1 Å². The molecule has 2 N–H and O–H groups in total. The minimum atomic E-state index is -3.07. The van der Waals surface area contributed by atoms with Crippen molar-refractivity contribution in [2.45, 2.75) is 44.8 Å². The van der Waals surface area contributed by atoms with E-state index in [-0.39, 0.29) is 5.60 Å². The van der Waals surface area contributed by atoms with Gasteiger partial charge in [0.2, 0.25) is 10.0 Å². The summed E-state index contributed by atoms with van der Waals surface area (Å²) in [7, 11) is -3.07. The molecule has 102 valence electrons. The highest BCUT2D eigenvalue weighted by Crippen LogP contribution is 2.27. The van der Waals surface area contributed by atoms with E-state index in [1.807, 2.05) is 0 Å². The SMILES string of the molecule is CCC1(C)CC(NCCNS(C)(=O)=O)CCO1. The van der Waals surface area contributed by atoms with E-state index >= 15 is 0 Å². The summed E-state index contributed by atoms with van der Waals surface area (Å²) in [5.74, 6) is 0. The van der Waals surface area contributed by atoms with E-state index in [2.05, 4.69) is 23.9 Å². The van der Waals surface area contributed by atoms with Gasteiger partial charge in [-0.2, -0.15) is 0 Å². The molecule has 1 rings (SSSR count). The van der Waals surface area contributed by atoms with Crippen LogP contribution in [0.3, 0.4) is 0 Å². The molecule has 1 aliphatic heterocycles. The Kier molecular flexibility index (Phi) is 5.37. The highest BCUT2D eigenvalue weighted by molar-refractivity contribution is 7.88. The summed E-state index contributed by atoms with van der Waals surface area (Å²) in [6.45, 7) is 6.15. The molecule has 0 bridgehead atoms. The van der Waals surface area contributed by atoms with Gasteiger partial charge in [0, 0.05) is 25.7 Å². The maximum absolute atomic E-state index is 10.9. The van der Waals surface area contributed by atoms with Crippen LogP contribution in [0.1, 0.15) is 33.1 Å². The fourth-order valence-electron chi connectivity index (χ4n) is 2.06. The van der Waals surface area contributed by atoms with Gasteiger partial charge in [-0.15, -0.1) is 0 Å². The zero-order valence-corrected chi connectivity index (χ0v) is 11.8. The van der Waals surface area contributed by atoms with Crippen LogP contribution >= 0.6 is 0 Å². The van der Waals surface area contributed by atoms with E-state index in [0.717, 1.165) is 25.9 Å². The normalized spacial score (nSPS) is 30.4. The van der Waals surface area contributed by atoms with Crippen LogP contribution in [0.5, 0.6) is 0 Å². The van der Waals surface area contributed by atoms with E-state index < -0.39 is 10.0 Å². The molecule has 5 nitrogen and oxygen atoms in total. The second-order valence-corrected chi connectivity index (χ2v) is 6.80. The largest absolute Gasteiger partial charge is 0.375 e. The molecule has 0 spiro atoms. The van der Waals surface area contributed by atoms with Crippen LogP contribution in [0.4, 0.5) is 0 Å². The predicted octanol–water partition coefficient (Wildman–Crippen LogP) is 0.473. The Morgan fingerprint density at radius 2 is 2.12 bits per heavy atom. The highest BCUT2D eigenvalue weighted by atomic mass is 32.2. The van der Waals surface area contributed by atoms with Crippen LogP contribution < -0.4 is 10.0 Å². The number of hydrogen-bond acceptors (Lipinski definition) is 4. The van der Waals surface area contributed by atoms with E-state index in [9.17, 15) is 8.42 Å². The summed E-state index contributed by atoms with van der Waals surface area (Å²) in [4.78, 5) is 0. The molecule has 1 saturated heterocycles. The van der Waals surface area contributed by atoms with Crippen molar-refractivity contribution in [1.29, 1.82) is 0 Å². The Balaban J connectivity index is 2.24. The molecule has 0 saturated carbocycles. The predicted molar refractivity (Wildman–Crippen MR) is 68.5 cm³/mol. The van der Waals surface area contributed by atoms with Gasteiger partial charge in [-0.05, 0) is 26.2 Å². The molecule has 0 aliphatic carbocycles. The summed E-state index contributed by atoms with van der Waals surface area (Å²) in [5.41, 5.74) is -0.0276. The first-order valence-electron chi connectivity index (χ1n) is 6.16. The molecule has 2 unspecified atom stereocenters. The van der Waals surface area contributed by atoms with Crippen LogP contribution in [0.2, 0.25) is 0 Å². The minimum absolute atomic E-state index is 0.0276. The van der Waals surface area contributed by atoms with Gasteiger partial charge in [0.15, 0.2) is 0 Å². The first-order chi connectivity index (χ1) is 7.85. The molecule has 17 heavy (non-hydrogen) atoms. The first kappa shape index (κ1) is 14.9. The van der Waals surface area contributed by atoms with Gasteiger partial charge in [-0.1, -0.05) is 6.92 Å². The summed E-state index contributed by atoms with van der Waals surface area (Å²) in [6, 6.07) is 0.426. The number of rotatable bonds is 6. The Labute approximate surface area is 104 Å². The molecule has 1 aliphatic rings. The molecule has 0 aromatic heterocycles. The average molecular weight is 264 g/mol. The lowest BCUT2D eigenvalue weighted by Gasteiger charge is -2.38. The Morgan fingerprint density at radius 1 is 1.41 bits per heavy atom. The summed E-state index contributed by atoms with van der Waals surface area (Å²) in [6.07, 6.45) is 4.17. The lowest BCUT2D eigenvalue weighted by Crippen LogP contribution is -2.46. The van der Waals surface area contributed by atoms with Crippen molar-refractivity contribution in [3.63, 3.8) is 0 Å². The highest BCUT2D eigenvalue weighted by Gasteiger charge is 2.31. The van der Waals surface area contributed by atoms with Gasteiger partial charge in [0.05, 0.1) is 11.9 Å². The monoisotopic (exact) mass is 264 g/mol. The second kappa shape index (κ2) is 6.13. The Hall–Kier alpha value is -0.170. The zero-order valence-electron chi connectivity index (χ0n) is 11.0. The third-order valence-electron chi connectivity index (χ3n) is 3.27. The molecule has 0 radical (unpaired) electrons. The molecular formula is C11H24N2O3S. The smallest absolute Gasteiger partial charge is 0.208 e. The Bertz CT molecular complexity index is 332. The van der Waals surface area contributed by atoms with Crippen LogP contribution in [-0.4, -0.2) is 46.0 Å². The number of hydrogen-bond donors (Lipinski definition) is 2. The number of sulfonamides is 1. The van der Waals surface area contributed by atoms with Crippen LogP contribution in [-0.2, 0) is 14.8 Å². The number of nitrogens with one attached hydrogen (secondary N) is 2. The average Bonchev–Trinajstić information content (AvgIpc) is 2.24. The van der Waals surface area contributed by atoms with Crippen molar-refractivity contribution in [3.8, 4) is 0 Å². The van der Waals surface area contributed by atoms with Crippen molar-refractivity contribution in [1.82, 2.24) is 10.0 Å². The van der Waals surface area contributed by atoms with E-state index in [1.165, 1.54) is 6.26 Å². The maximum Gasteiger partial charge on any atom is 0.208 e. The third kappa shape index (κ3) is 5.81. The lowest BCUT2D eigenvalue weighted by atomic mass is 9.90.